The highest BCUT2D eigenvalue weighted by Gasteiger charge is 2.36. The molecule has 0 aliphatic heterocycles. The molecule has 2 aromatic rings. The Labute approximate surface area is 190 Å². The molecule has 2 N–H and O–H groups in total. The number of benzene rings is 1. The molecule has 0 bridgehead atoms. The van der Waals surface area contributed by atoms with Gasteiger partial charge in [0.2, 0.25) is 0 Å². The van der Waals surface area contributed by atoms with Gasteiger partial charge in [-0.2, -0.15) is 5.21 Å². The molecule has 1 aromatic carbocycles. The average molecular weight is 439 g/mol. The third-order valence-electron chi connectivity index (χ3n) is 5.97. The number of rotatable bonds is 11. The van der Waals surface area contributed by atoms with Crippen molar-refractivity contribution in [3.63, 3.8) is 0 Å². The summed E-state index contributed by atoms with van der Waals surface area (Å²) in [6.45, 7) is 3.53. The summed E-state index contributed by atoms with van der Waals surface area (Å²) < 4.78 is 5.60. The van der Waals surface area contributed by atoms with Gasteiger partial charge in [-0.05, 0) is 50.5 Å². The number of carbonyl (C=O) groups excluding carboxylic acids is 1. The van der Waals surface area contributed by atoms with Gasteiger partial charge in [0.15, 0.2) is 5.82 Å². The van der Waals surface area contributed by atoms with E-state index in [1.54, 1.807) is 0 Å². The number of hydrogen-bond donors (Lipinski definition) is 2. The number of unbranched alkanes of at least 4 members (excludes halogenated alkanes) is 1. The van der Waals surface area contributed by atoms with Gasteiger partial charge in [-0.3, -0.25) is 4.79 Å². The first-order chi connectivity index (χ1) is 15.5. The molecule has 3 rings (SSSR count). The van der Waals surface area contributed by atoms with Gasteiger partial charge in [0, 0.05) is 25.7 Å². The third-order valence-corrected chi connectivity index (χ3v) is 5.97. The summed E-state index contributed by atoms with van der Waals surface area (Å²) >= 11 is 0. The Morgan fingerprint density at radius 3 is 2.97 bits per heavy atom. The molecule has 4 unspecified atom stereocenters. The number of nitrogens with one attached hydrogen (secondary N) is 1. The monoisotopic (exact) mass is 438 g/mol. The molecule has 1 fully saturated rings. The number of ether oxygens (including phenoxy) is 1. The quantitative estimate of drug-likeness (QED) is 0.314. The molecule has 1 aliphatic carbocycles. The van der Waals surface area contributed by atoms with Gasteiger partial charge in [-0.15, -0.1) is 10.2 Å². The highest BCUT2D eigenvalue weighted by molar-refractivity contribution is 5.66. The highest BCUT2D eigenvalue weighted by Crippen LogP contribution is 2.38. The van der Waals surface area contributed by atoms with Crippen molar-refractivity contribution < 1.29 is 14.6 Å². The first kappa shape index (κ1) is 23.9. The van der Waals surface area contributed by atoms with Crippen LogP contribution in [-0.4, -0.2) is 43.9 Å². The van der Waals surface area contributed by atoms with Crippen molar-refractivity contribution >= 4 is 5.97 Å². The van der Waals surface area contributed by atoms with Crippen molar-refractivity contribution in [1.82, 2.24) is 20.6 Å². The number of tetrazole rings is 1. The van der Waals surface area contributed by atoms with E-state index < -0.39 is 6.10 Å². The Kier molecular flexibility index (Phi) is 9.16. The van der Waals surface area contributed by atoms with Crippen molar-refractivity contribution in [2.75, 3.05) is 0 Å². The van der Waals surface area contributed by atoms with Gasteiger partial charge in [0.05, 0.1) is 6.10 Å². The highest BCUT2D eigenvalue weighted by atomic mass is 16.5. The summed E-state index contributed by atoms with van der Waals surface area (Å²) in [5, 5.41) is 24.5. The number of hydrogen-bond acceptors (Lipinski definition) is 6. The molecule has 1 saturated carbocycles. The van der Waals surface area contributed by atoms with Crippen LogP contribution in [0.25, 0.3) is 0 Å². The number of aliphatic hydroxyl groups excluding tert-OH is 1. The fourth-order valence-corrected chi connectivity index (χ4v) is 4.44. The maximum atomic E-state index is 11.6. The fourth-order valence-electron chi connectivity index (χ4n) is 4.44. The molecule has 172 valence electrons. The van der Waals surface area contributed by atoms with Crippen molar-refractivity contribution in [3.8, 4) is 0 Å². The molecule has 7 heteroatoms. The normalized spacial score (nSPS) is 22.0. The van der Waals surface area contributed by atoms with Crippen LogP contribution in [0.4, 0.5) is 0 Å². The zero-order valence-electron chi connectivity index (χ0n) is 19.0. The van der Waals surface area contributed by atoms with E-state index in [9.17, 15) is 9.90 Å². The lowest BCUT2D eigenvalue weighted by Crippen LogP contribution is -2.23. The summed E-state index contributed by atoms with van der Waals surface area (Å²) in [6, 6.07) is 8.23. The van der Waals surface area contributed by atoms with Crippen molar-refractivity contribution in [3.05, 3.63) is 65.5 Å². The maximum Gasteiger partial charge on any atom is 0.302 e. The van der Waals surface area contributed by atoms with Crippen LogP contribution >= 0.6 is 0 Å². The topological polar surface area (TPSA) is 101 Å². The summed E-state index contributed by atoms with van der Waals surface area (Å²) in [4.78, 5) is 11.6. The van der Waals surface area contributed by atoms with Crippen molar-refractivity contribution in [2.24, 2.45) is 11.8 Å². The van der Waals surface area contributed by atoms with Crippen LogP contribution in [0.1, 0.15) is 56.0 Å². The minimum absolute atomic E-state index is 0.0694. The predicted octanol–water partition coefficient (Wildman–Crippen LogP) is 3.89. The molecule has 0 saturated heterocycles. The van der Waals surface area contributed by atoms with Gasteiger partial charge in [0.25, 0.3) is 0 Å². The molecule has 1 aliphatic rings. The molecule has 7 nitrogen and oxygen atoms in total. The molecule has 0 radical (unpaired) electrons. The zero-order valence-corrected chi connectivity index (χ0v) is 19.0. The van der Waals surface area contributed by atoms with E-state index in [2.05, 4.69) is 57.9 Å². The van der Waals surface area contributed by atoms with Crippen LogP contribution in [0.5, 0.6) is 0 Å². The van der Waals surface area contributed by atoms with Crippen LogP contribution in [0.3, 0.4) is 0 Å². The molecule has 1 heterocycles. The number of aromatic nitrogens is 4. The van der Waals surface area contributed by atoms with E-state index in [4.69, 9.17) is 4.74 Å². The number of allylic oxidation sites excluding steroid dienone is 3. The van der Waals surface area contributed by atoms with Crippen molar-refractivity contribution in [1.29, 1.82) is 0 Å². The van der Waals surface area contributed by atoms with E-state index in [0.717, 1.165) is 49.9 Å². The molecule has 1 aromatic heterocycles. The van der Waals surface area contributed by atoms with E-state index >= 15 is 0 Å². The zero-order chi connectivity index (χ0) is 22.8. The number of aromatic amines is 1. The molecule has 0 amide bonds. The van der Waals surface area contributed by atoms with Crippen LogP contribution in [0, 0.1) is 18.8 Å². The van der Waals surface area contributed by atoms with Crippen molar-refractivity contribution in [2.45, 2.75) is 71.0 Å². The van der Waals surface area contributed by atoms with Gasteiger partial charge in [-0.1, -0.05) is 59.3 Å². The van der Waals surface area contributed by atoms with E-state index in [1.807, 2.05) is 18.2 Å². The Balaban J connectivity index is 1.52. The molecular weight excluding hydrogens is 404 g/mol. The lowest BCUT2D eigenvalue weighted by atomic mass is 9.90. The van der Waals surface area contributed by atoms with E-state index in [1.165, 1.54) is 12.5 Å². The molecule has 4 atom stereocenters. The minimum Gasteiger partial charge on any atom is -0.462 e. The Morgan fingerprint density at radius 1 is 1.34 bits per heavy atom. The van der Waals surface area contributed by atoms with Gasteiger partial charge in [-0.25, -0.2) is 0 Å². The predicted molar refractivity (Wildman–Crippen MR) is 123 cm³/mol. The molecule has 32 heavy (non-hydrogen) atoms. The first-order valence-electron chi connectivity index (χ1n) is 11.5. The third kappa shape index (κ3) is 7.71. The van der Waals surface area contributed by atoms with Gasteiger partial charge < -0.3 is 9.84 Å². The standard InChI is InChI=1S/C25H34N4O3/c1-18-8-7-9-20(16-18)17-22(31)14-12-21-13-15-24(32-19(2)30)23(21)10-5-3-4-6-11-25-26-28-29-27-25/h3,5,7-9,12,14,16,21-24,31H,4,6,10-11,13,15,17H2,1-2H3,(H,26,27,28,29)/b5-3-,14-12?. The van der Waals surface area contributed by atoms with Crippen LogP contribution < -0.4 is 0 Å². The van der Waals surface area contributed by atoms with E-state index in [-0.39, 0.29) is 23.9 Å². The summed E-state index contributed by atoms with van der Waals surface area (Å²) in [6.07, 6.45) is 13.8. The Hall–Kier alpha value is -2.80. The second kappa shape index (κ2) is 12.3. The summed E-state index contributed by atoms with van der Waals surface area (Å²) in [7, 11) is 0. The minimum atomic E-state index is -0.522. The molecule has 0 spiro atoms. The number of aryl methyl sites for hydroxylation is 2. The Bertz CT molecular complexity index is 894. The fraction of sp³-hybridized carbons (Fsp3) is 0.520. The summed E-state index contributed by atoms with van der Waals surface area (Å²) in [5.41, 5.74) is 2.33. The second-order valence-corrected chi connectivity index (χ2v) is 8.63. The maximum absolute atomic E-state index is 11.6. The number of esters is 1. The van der Waals surface area contributed by atoms with Gasteiger partial charge in [0.1, 0.15) is 6.10 Å². The van der Waals surface area contributed by atoms with Crippen LogP contribution in [-0.2, 0) is 22.4 Å². The Morgan fingerprint density at radius 2 is 2.22 bits per heavy atom. The first-order valence-corrected chi connectivity index (χ1v) is 11.5. The number of H-pyrrole nitrogens is 1. The number of carbonyl (C=O) groups is 1. The van der Waals surface area contributed by atoms with Crippen LogP contribution in [0.15, 0.2) is 48.6 Å². The van der Waals surface area contributed by atoms with Gasteiger partial charge >= 0.3 is 5.97 Å². The smallest absolute Gasteiger partial charge is 0.302 e. The lowest BCUT2D eigenvalue weighted by molar-refractivity contribution is -0.148. The number of aliphatic hydroxyl groups is 1. The average Bonchev–Trinajstić information content (AvgIpc) is 3.39. The lowest BCUT2D eigenvalue weighted by Gasteiger charge is -2.22. The molecular formula is C25H34N4O3. The summed E-state index contributed by atoms with van der Waals surface area (Å²) in [5.74, 6) is 1.03. The second-order valence-electron chi connectivity index (χ2n) is 8.63. The number of nitrogens with zero attached hydrogens (tertiary/aromatic N) is 3. The largest absolute Gasteiger partial charge is 0.462 e. The van der Waals surface area contributed by atoms with Crippen LogP contribution in [0.2, 0.25) is 0 Å². The SMILES string of the molecule is CC(=O)OC1CCC(C=CC(O)Cc2cccc(C)c2)C1C/C=C\CCCc1nn[nH]n1. The van der Waals surface area contributed by atoms with E-state index in [0.29, 0.717) is 6.42 Å².